The third kappa shape index (κ3) is 2.40. The molecule has 1 aromatic carbocycles. The molecule has 18 heavy (non-hydrogen) atoms. The SMILES string of the molecule is Cc1ncc(CNCc2cccc3c2NCC3)s1. The van der Waals surface area contributed by atoms with Crippen LogP contribution in [-0.4, -0.2) is 11.5 Å². The molecule has 3 nitrogen and oxygen atoms in total. The molecule has 0 fully saturated rings. The maximum absolute atomic E-state index is 4.27. The van der Waals surface area contributed by atoms with E-state index in [2.05, 4.69) is 33.8 Å². The first-order chi connectivity index (χ1) is 8.83. The first-order valence-electron chi connectivity index (χ1n) is 6.29. The van der Waals surface area contributed by atoms with Gasteiger partial charge in [0.25, 0.3) is 0 Å². The maximum atomic E-state index is 4.27. The maximum Gasteiger partial charge on any atom is 0.0897 e. The number of benzene rings is 1. The molecule has 0 spiro atoms. The first-order valence-corrected chi connectivity index (χ1v) is 7.11. The van der Waals surface area contributed by atoms with Crippen molar-refractivity contribution >= 4 is 17.0 Å². The zero-order valence-electron chi connectivity index (χ0n) is 10.5. The molecule has 3 rings (SSSR count). The number of nitrogens with zero attached hydrogens (tertiary/aromatic N) is 1. The minimum Gasteiger partial charge on any atom is -0.384 e. The van der Waals surface area contributed by atoms with Gasteiger partial charge in [0.15, 0.2) is 0 Å². The molecule has 94 valence electrons. The van der Waals surface area contributed by atoms with Gasteiger partial charge in [0.1, 0.15) is 0 Å². The van der Waals surface area contributed by atoms with Crippen molar-refractivity contribution < 1.29 is 0 Å². The van der Waals surface area contributed by atoms with Crippen LogP contribution >= 0.6 is 11.3 Å². The number of thiazole rings is 1. The molecule has 0 radical (unpaired) electrons. The van der Waals surface area contributed by atoms with E-state index in [-0.39, 0.29) is 0 Å². The number of aromatic nitrogens is 1. The quantitative estimate of drug-likeness (QED) is 0.886. The molecule has 0 bridgehead atoms. The average molecular weight is 259 g/mol. The molecule has 0 amide bonds. The van der Waals surface area contributed by atoms with Crippen LogP contribution in [0.4, 0.5) is 5.69 Å². The van der Waals surface area contributed by atoms with E-state index in [0.717, 1.165) is 31.1 Å². The van der Waals surface area contributed by atoms with Gasteiger partial charge in [-0.05, 0) is 24.5 Å². The molecule has 1 aliphatic heterocycles. The Hall–Kier alpha value is -1.39. The fraction of sp³-hybridized carbons (Fsp3) is 0.357. The Bertz CT molecular complexity index is 548. The molecule has 0 atom stereocenters. The van der Waals surface area contributed by atoms with Crippen molar-refractivity contribution in [2.75, 3.05) is 11.9 Å². The Labute approximate surface area is 111 Å². The van der Waals surface area contributed by atoms with Crippen LogP contribution in [0.15, 0.2) is 24.4 Å². The number of nitrogens with one attached hydrogen (secondary N) is 2. The van der Waals surface area contributed by atoms with Crippen molar-refractivity contribution in [2.45, 2.75) is 26.4 Å². The van der Waals surface area contributed by atoms with Crippen LogP contribution in [0.2, 0.25) is 0 Å². The topological polar surface area (TPSA) is 37.0 Å². The first kappa shape index (κ1) is 11.7. The van der Waals surface area contributed by atoms with Gasteiger partial charge >= 0.3 is 0 Å². The monoisotopic (exact) mass is 259 g/mol. The highest BCUT2D eigenvalue weighted by atomic mass is 32.1. The van der Waals surface area contributed by atoms with E-state index < -0.39 is 0 Å². The van der Waals surface area contributed by atoms with E-state index in [4.69, 9.17) is 0 Å². The zero-order chi connectivity index (χ0) is 12.4. The standard InChI is InChI=1S/C14H17N3S/c1-10-17-9-13(18-10)8-15-7-12-4-2-3-11-5-6-16-14(11)12/h2-4,9,15-16H,5-8H2,1H3. The summed E-state index contributed by atoms with van der Waals surface area (Å²) in [6.07, 6.45) is 3.11. The van der Waals surface area contributed by atoms with Crippen LogP contribution in [0.25, 0.3) is 0 Å². The summed E-state index contributed by atoms with van der Waals surface area (Å²) in [5.74, 6) is 0. The van der Waals surface area contributed by atoms with Crippen molar-refractivity contribution in [1.29, 1.82) is 0 Å². The van der Waals surface area contributed by atoms with Crippen LogP contribution in [0.3, 0.4) is 0 Å². The van der Waals surface area contributed by atoms with Gasteiger partial charge in [0.2, 0.25) is 0 Å². The highest BCUT2D eigenvalue weighted by molar-refractivity contribution is 7.11. The highest BCUT2D eigenvalue weighted by Crippen LogP contribution is 2.26. The van der Waals surface area contributed by atoms with Crippen molar-refractivity contribution in [3.05, 3.63) is 45.4 Å². The summed E-state index contributed by atoms with van der Waals surface area (Å²) in [4.78, 5) is 5.57. The molecular weight excluding hydrogens is 242 g/mol. The van der Waals surface area contributed by atoms with Gasteiger partial charge in [-0.15, -0.1) is 11.3 Å². The average Bonchev–Trinajstić information content (AvgIpc) is 2.98. The predicted octanol–water partition coefficient (Wildman–Crippen LogP) is 2.71. The molecule has 0 unspecified atom stereocenters. The van der Waals surface area contributed by atoms with Gasteiger partial charge in [-0.3, -0.25) is 0 Å². The summed E-state index contributed by atoms with van der Waals surface area (Å²) in [7, 11) is 0. The largest absolute Gasteiger partial charge is 0.384 e. The summed E-state index contributed by atoms with van der Waals surface area (Å²) in [6, 6.07) is 6.56. The summed E-state index contributed by atoms with van der Waals surface area (Å²) >= 11 is 1.76. The van der Waals surface area contributed by atoms with Crippen LogP contribution in [0.5, 0.6) is 0 Å². The van der Waals surface area contributed by atoms with E-state index in [1.165, 1.54) is 21.7 Å². The molecule has 2 aromatic rings. The molecule has 4 heteroatoms. The Morgan fingerprint density at radius 2 is 2.33 bits per heavy atom. The minimum atomic E-state index is 0.898. The molecule has 0 saturated carbocycles. The molecule has 2 N–H and O–H groups in total. The van der Waals surface area contributed by atoms with Gasteiger partial charge in [-0.25, -0.2) is 4.98 Å². The van der Waals surface area contributed by atoms with E-state index >= 15 is 0 Å². The zero-order valence-corrected chi connectivity index (χ0v) is 11.3. The van der Waals surface area contributed by atoms with Gasteiger partial charge in [-0.2, -0.15) is 0 Å². The molecule has 1 aliphatic rings. The Kier molecular flexibility index (Phi) is 3.30. The molecular formula is C14H17N3S. The second-order valence-corrected chi connectivity index (χ2v) is 5.90. The summed E-state index contributed by atoms with van der Waals surface area (Å²) in [6.45, 7) is 4.92. The van der Waals surface area contributed by atoms with Crippen LogP contribution < -0.4 is 10.6 Å². The van der Waals surface area contributed by atoms with E-state index in [9.17, 15) is 0 Å². The van der Waals surface area contributed by atoms with Gasteiger partial charge in [0.05, 0.1) is 5.01 Å². The van der Waals surface area contributed by atoms with E-state index in [1.807, 2.05) is 13.1 Å². The number of rotatable bonds is 4. The van der Waals surface area contributed by atoms with Crippen molar-refractivity contribution in [3.63, 3.8) is 0 Å². The van der Waals surface area contributed by atoms with Crippen molar-refractivity contribution in [1.82, 2.24) is 10.3 Å². The van der Waals surface area contributed by atoms with Crippen LogP contribution in [0, 0.1) is 6.92 Å². The predicted molar refractivity (Wildman–Crippen MR) is 76.0 cm³/mol. The number of para-hydroxylation sites is 1. The number of aryl methyl sites for hydroxylation is 1. The molecule has 1 aromatic heterocycles. The lowest BCUT2D eigenvalue weighted by atomic mass is 10.1. The third-order valence-corrected chi connectivity index (χ3v) is 4.13. The lowest BCUT2D eigenvalue weighted by Crippen LogP contribution is -2.13. The second kappa shape index (κ2) is 5.08. The van der Waals surface area contributed by atoms with Gasteiger partial charge in [0, 0.05) is 36.4 Å². The Morgan fingerprint density at radius 3 is 3.17 bits per heavy atom. The Balaban J connectivity index is 1.62. The van der Waals surface area contributed by atoms with Gasteiger partial charge < -0.3 is 10.6 Å². The molecule has 2 heterocycles. The lowest BCUT2D eigenvalue weighted by molar-refractivity contribution is 0.701. The normalized spacial score (nSPS) is 13.4. The summed E-state index contributed by atoms with van der Waals surface area (Å²) in [5, 5.41) is 8.10. The van der Waals surface area contributed by atoms with E-state index in [0.29, 0.717) is 0 Å². The van der Waals surface area contributed by atoms with Crippen LogP contribution in [-0.2, 0) is 19.5 Å². The number of hydrogen-bond donors (Lipinski definition) is 2. The van der Waals surface area contributed by atoms with Gasteiger partial charge in [-0.1, -0.05) is 18.2 Å². The second-order valence-electron chi connectivity index (χ2n) is 4.58. The van der Waals surface area contributed by atoms with E-state index in [1.54, 1.807) is 11.3 Å². The molecule has 0 saturated heterocycles. The van der Waals surface area contributed by atoms with Crippen LogP contribution in [0.1, 0.15) is 21.0 Å². The number of hydrogen-bond acceptors (Lipinski definition) is 4. The highest BCUT2D eigenvalue weighted by Gasteiger charge is 2.12. The van der Waals surface area contributed by atoms with Crippen molar-refractivity contribution in [2.24, 2.45) is 0 Å². The minimum absolute atomic E-state index is 0.898. The number of anilines is 1. The smallest absolute Gasteiger partial charge is 0.0897 e. The summed E-state index contributed by atoms with van der Waals surface area (Å²) < 4.78 is 0. The fourth-order valence-electron chi connectivity index (χ4n) is 2.37. The third-order valence-electron chi connectivity index (χ3n) is 3.22. The number of fused-ring (bicyclic) bond motifs is 1. The summed E-state index contributed by atoms with van der Waals surface area (Å²) in [5.41, 5.74) is 4.15. The Morgan fingerprint density at radius 1 is 1.39 bits per heavy atom. The van der Waals surface area contributed by atoms with Crippen molar-refractivity contribution in [3.8, 4) is 0 Å². The molecule has 0 aliphatic carbocycles. The lowest BCUT2D eigenvalue weighted by Gasteiger charge is -2.09. The fourth-order valence-corrected chi connectivity index (χ4v) is 3.13.